The van der Waals surface area contributed by atoms with E-state index in [4.69, 9.17) is 12.8 Å². The largest absolute Gasteiger partial charge is 1.00 e. The van der Waals surface area contributed by atoms with Gasteiger partial charge in [-0.25, -0.2) is 0 Å². The number of hydrogen-bond acceptors (Lipinski definition) is 3. The van der Waals surface area contributed by atoms with Crippen molar-refractivity contribution in [3.8, 4) is 28.4 Å². The predicted molar refractivity (Wildman–Crippen MR) is 138 cm³/mol. The van der Waals surface area contributed by atoms with Crippen molar-refractivity contribution in [3.05, 3.63) is 90.0 Å². The molecule has 0 spiro atoms. The van der Waals surface area contributed by atoms with Gasteiger partial charge in [0, 0.05) is 0 Å². The van der Waals surface area contributed by atoms with Crippen molar-refractivity contribution in [1.29, 1.82) is 0 Å². The van der Waals surface area contributed by atoms with Gasteiger partial charge in [-0.3, -0.25) is 0 Å². The summed E-state index contributed by atoms with van der Waals surface area (Å²) in [5, 5.41) is 2.48. The van der Waals surface area contributed by atoms with E-state index >= 15 is 0 Å². The normalized spacial score (nSPS) is 11.3. The van der Waals surface area contributed by atoms with Crippen LogP contribution in [0.1, 0.15) is 29.2 Å². The molecule has 1 aliphatic carbocycles. The van der Waals surface area contributed by atoms with Crippen LogP contribution >= 0.6 is 0 Å². The van der Waals surface area contributed by atoms with Crippen LogP contribution in [-0.4, -0.2) is 20.4 Å². The van der Waals surface area contributed by atoms with E-state index in [9.17, 15) is 0 Å². The standard InChI is InChI=1S/C15H13O2.C10H8O.C4H10Si.2ClH.Ti/c1-16-12-3-5-14-10(8-12)7-11-9-13(17-2)4-6-15(11)14;11-10-6-5-8-3-1-2-4-9(8)7-10;1-3-5-4-2;;;/h3-9H,1-2H3;1-7,11H;3-4H2,1-2H3;2*1H;/q;;;;;+3/p-3. The Morgan fingerprint density at radius 1 is 0.667 bits per heavy atom. The summed E-state index contributed by atoms with van der Waals surface area (Å²) in [6.07, 6.45) is -0.654. The molecule has 0 radical (unpaired) electrons. The van der Waals surface area contributed by atoms with E-state index in [1.54, 1.807) is 14.2 Å². The van der Waals surface area contributed by atoms with E-state index in [1.165, 1.54) is 45.1 Å². The summed E-state index contributed by atoms with van der Waals surface area (Å²) in [5.41, 5.74) is 5.35. The molecule has 186 valence electrons. The van der Waals surface area contributed by atoms with Crippen molar-refractivity contribution in [2.75, 3.05) is 14.2 Å². The molecule has 4 aromatic rings. The van der Waals surface area contributed by atoms with Crippen molar-refractivity contribution in [2.45, 2.75) is 30.2 Å². The van der Waals surface area contributed by atoms with Crippen LogP contribution in [0.2, 0.25) is 12.1 Å². The van der Waals surface area contributed by atoms with E-state index in [1.807, 2.05) is 0 Å². The molecule has 3 nitrogen and oxygen atoms in total. The first-order valence-electron chi connectivity index (χ1n) is 11.9. The number of hydrogen-bond donors (Lipinski definition) is 0. The number of fused-ring (bicyclic) bond motifs is 4. The van der Waals surface area contributed by atoms with Crippen molar-refractivity contribution >= 4 is 17.0 Å². The summed E-state index contributed by atoms with van der Waals surface area (Å²) in [6.45, 7) is 4.70. The molecule has 0 N–H and O–H groups in total. The fraction of sp³-hybridized carbons (Fsp3) is 0.241. The van der Waals surface area contributed by atoms with Crippen LogP contribution in [0, 0.1) is 0 Å². The maximum Gasteiger partial charge on any atom is -1.00 e. The van der Waals surface area contributed by atoms with Gasteiger partial charge in [-0.2, -0.15) is 0 Å². The molecular formula is C29H30Cl2O3SiTi. The molecule has 0 saturated heterocycles. The Kier molecular flexibility index (Phi) is 9.96. The van der Waals surface area contributed by atoms with Crippen molar-refractivity contribution < 1.29 is 54.6 Å². The molecule has 1 aliphatic rings. The fourth-order valence-corrected chi connectivity index (χ4v) is 16.8. The molecule has 0 aromatic heterocycles. The fourth-order valence-electron chi connectivity index (χ4n) is 5.05. The predicted octanol–water partition coefficient (Wildman–Crippen LogP) is 1.58. The summed E-state index contributed by atoms with van der Waals surface area (Å²) in [4.78, 5) is 0. The maximum absolute atomic E-state index is 7.14. The monoisotopic (exact) mass is 572 g/mol. The second-order valence-corrected chi connectivity index (χ2v) is 18.9. The molecule has 0 heterocycles. The average Bonchev–Trinajstić information content (AvgIpc) is 3.21. The van der Waals surface area contributed by atoms with Crippen LogP contribution in [0.5, 0.6) is 17.2 Å². The van der Waals surface area contributed by atoms with Gasteiger partial charge in [-0.15, -0.1) is 0 Å². The SMILES string of the molecule is CC[Si](CC)=[Ti+2]([O]c1ccc2ccccc2c1)[CH]1c2cc(OC)ccc2-c2ccc(OC)cc21.[Cl-].[Cl-]. The topological polar surface area (TPSA) is 27.7 Å². The number of benzene rings is 4. The zero-order chi connectivity index (χ0) is 23.7. The first-order chi connectivity index (χ1) is 16.7. The number of rotatable bonds is 7. The van der Waals surface area contributed by atoms with Crippen molar-refractivity contribution in [2.24, 2.45) is 0 Å². The van der Waals surface area contributed by atoms with Crippen LogP contribution < -0.4 is 37.6 Å². The van der Waals surface area contributed by atoms with E-state index in [0.29, 0.717) is 4.22 Å². The van der Waals surface area contributed by atoms with Crippen LogP contribution in [0.15, 0.2) is 78.9 Å². The van der Waals surface area contributed by atoms with Gasteiger partial charge in [-0.1, -0.05) is 0 Å². The Hall–Kier alpha value is -1.95. The summed E-state index contributed by atoms with van der Waals surface area (Å²) in [6, 6.07) is 30.6. The van der Waals surface area contributed by atoms with E-state index in [2.05, 4.69) is 92.7 Å². The molecule has 0 atom stereocenters. The minimum Gasteiger partial charge on any atom is -1.00 e. The molecule has 7 heteroatoms. The molecular weight excluding hydrogens is 543 g/mol. The van der Waals surface area contributed by atoms with Gasteiger partial charge in [-0.05, 0) is 0 Å². The van der Waals surface area contributed by atoms with Crippen LogP contribution in [0.3, 0.4) is 0 Å². The molecule has 0 bridgehead atoms. The van der Waals surface area contributed by atoms with Gasteiger partial charge < -0.3 is 24.8 Å². The molecule has 0 unspecified atom stereocenters. The van der Waals surface area contributed by atoms with E-state index in [-0.39, 0.29) is 24.8 Å². The minimum absolute atomic E-state index is 0. The van der Waals surface area contributed by atoms with Gasteiger partial charge in [0.1, 0.15) is 0 Å². The maximum atomic E-state index is 7.14. The molecule has 0 aliphatic heterocycles. The van der Waals surface area contributed by atoms with Gasteiger partial charge in [0.25, 0.3) is 0 Å². The Balaban J connectivity index is 0.00000180. The summed E-state index contributed by atoms with van der Waals surface area (Å²) in [5.74, 6) is 2.83. The zero-order valence-corrected chi connectivity index (χ0v) is 25.1. The molecule has 4 aromatic carbocycles. The zero-order valence-electron chi connectivity index (χ0n) is 21.0. The Bertz CT molecular complexity index is 1350. The number of halogens is 2. The van der Waals surface area contributed by atoms with E-state index in [0.717, 1.165) is 17.2 Å². The van der Waals surface area contributed by atoms with Gasteiger partial charge in [0.2, 0.25) is 0 Å². The number of ether oxygens (including phenoxy) is 2. The second-order valence-electron chi connectivity index (χ2n) is 8.63. The van der Waals surface area contributed by atoms with Crippen LogP contribution in [0.25, 0.3) is 21.9 Å². The van der Waals surface area contributed by atoms with Crippen LogP contribution in [-0.2, 0) is 17.0 Å². The molecule has 5 rings (SSSR count). The number of methoxy groups -OCH3 is 2. The Morgan fingerprint density at radius 3 is 1.72 bits per heavy atom. The van der Waals surface area contributed by atoms with Gasteiger partial charge >= 0.3 is 209 Å². The third kappa shape index (κ3) is 5.34. The Labute approximate surface area is 233 Å². The third-order valence-electron chi connectivity index (χ3n) is 6.84. The second kappa shape index (κ2) is 12.5. The third-order valence-corrected chi connectivity index (χ3v) is 19.9. The summed E-state index contributed by atoms with van der Waals surface area (Å²) >= 11 is -2.12. The molecule has 0 fully saturated rings. The Morgan fingerprint density at radius 2 is 1.19 bits per heavy atom. The van der Waals surface area contributed by atoms with Crippen LogP contribution in [0.4, 0.5) is 0 Å². The summed E-state index contributed by atoms with van der Waals surface area (Å²) < 4.78 is 18.7. The van der Waals surface area contributed by atoms with Gasteiger partial charge in [0.15, 0.2) is 0 Å². The molecule has 0 saturated carbocycles. The van der Waals surface area contributed by atoms with Crippen molar-refractivity contribution in [1.82, 2.24) is 0 Å². The minimum atomic E-state index is -2.12. The quantitative estimate of drug-likeness (QED) is 0.315. The average molecular weight is 573 g/mol. The summed E-state index contributed by atoms with van der Waals surface area (Å²) in [7, 11) is 3.50. The van der Waals surface area contributed by atoms with E-state index < -0.39 is 23.2 Å². The smallest absolute Gasteiger partial charge is 1.00 e. The van der Waals surface area contributed by atoms with Gasteiger partial charge in [0.05, 0.1) is 0 Å². The van der Waals surface area contributed by atoms with Crippen molar-refractivity contribution in [3.63, 3.8) is 0 Å². The first kappa shape index (κ1) is 28.6. The molecule has 0 amide bonds. The molecule has 36 heavy (non-hydrogen) atoms. The first-order valence-corrected chi connectivity index (χ1v) is 17.7.